The van der Waals surface area contributed by atoms with Gasteiger partial charge in [0.2, 0.25) is 0 Å². The zero-order valence-electron chi connectivity index (χ0n) is 24.4. The van der Waals surface area contributed by atoms with Crippen LogP contribution >= 0.6 is 22.6 Å². The summed E-state index contributed by atoms with van der Waals surface area (Å²) in [5.74, 6) is 3.49. The molecule has 4 rings (SSSR count). The fraction of sp³-hybridized carbons (Fsp3) is 0.800. The average molecular weight is 627 g/mol. The maximum atomic E-state index is 7.12. The average Bonchev–Trinajstić information content (AvgIpc) is 3.02. The minimum Gasteiger partial charge on any atom is -0.543 e. The summed E-state index contributed by atoms with van der Waals surface area (Å²) >= 11 is 2.54. The van der Waals surface area contributed by atoms with E-state index in [9.17, 15) is 0 Å². The first-order chi connectivity index (χ1) is 15.9. The quantitative estimate of drug-likeness (QED) is 0.245. The second-order valence-corrected chi connectivity index (χ2v) is 25.9. The van der Waals surface area contributed by atoms with Gasteiger partial charge in [0.15, 0.2) is 8.32 Å². The van der Waals surface area contributed by atoms with E-state index in [2.05, 4.69) is 109 Å². The molecule has 0 aliphatic heterocycles. The van der Waals surface area contributed by atoms with E-state index in [1.807, 2.05) is 0 Å². The molecule has 0 aromatic heterocycles. The smallest absolute Gasteiger partial charge is 0.250 e. The van der Waals surface area contributed by atoms with Crippen molar-refractivity contribution in [2.75, 3.05) is 0 Å². The molecule has 0 spiro atoms. The number of benzene rings is 1. The van der Waals surface area contributed by atoms with Crippen LogP contribution in [0.3, 0.4) is 0 Å². The predicted molar refractivity (Wildman–Crippen MR) is 164 cm³/mol. The summed E-state index contributed by atoms with van der Waals surface area (Å²) in [5.41, 5.74) is 3.56. The summed E-state index contributed by atoms with van der Waals surface area (Å²) in [5, 5.41) is 0.500. The molecule has 2 saturated carbocycles. The lowest BCUT2D eigenvalue weighted by atomic mass is 9.55. The molecule has 0 N–H and O–H groups in total. The number of aryl methyl sites for hydroxylation is 1. The zero-order chi connectivity index (χ0) is 26.2. The number of halogens is 1. The van der Waals surface area contributed by atoms with Gasteiger partial charge in [0.25, 0.3) is 8.32 Å². The Bertz CT molecular complexity index is 958. The second kappa shape index (κ2) is 9.12. The van der Waals surface area contributed by atoms with Gasteiger partial charge in [-0.3, -0.25) is 0 Å². The molecule has 3 unspecified atom stereocenters. The van der Waals surface area contributed by atoms with Crippen molar-refractivity contribution in [2.45, 2.75) is 135 Å². The standard InChI is InChI=1S/C30H51IO2Si2/c1-28(2,3)34(8,9)32-26-18-20-12-13-22-21(23(20)19-25(26)31)16-17-30(7)24(22)14-15-27(30)33-35(10,11)29(4,5)6/h18-19,21-22,24,27H,12-17H2,1-11H3/t21?,22?,24?,27-,30-/m0/s1. The number of rotatable bonds is 4. The minimum absolute atomic E-state index is 0.219. The van der Waals surface area contributed by atoms with Crippen LogP contribution < -0.4 is 4.43 Å². The first kappa shape index (κ1) is 28.2. The molecule has 5 atom stereocenters. The van der Waals surface area contributed by atoms with Crippen LogP contribution in [-0.4, -0.2) is 22.7 Å². The lowest BCUT2D eigenvalue weighted by Crippen LogP contribution is -2.50. The van der Waals surface area contributed by atoms with Crippen LogP contribution in [0.4, 0.5) is 0 Å². The van der Waals surface area contributed by atoms with E-state index >= 15 is 0 Å². The highest BCUT2D eigenvalue weighted by Gasteiger charge is 2.57. The third-order valence-corrected chi connectivity index (χ3v) is 20.8. The van der Waals surface area contributed by atoms with Crippen LogP contribution in [0.5, 0.6) is 5.75 Å². The maximum absolute atomic E-state index is 7.12. The molecule has 5 heteroatoms. The third kappa shape index (κ3) is 4.98. The van der Waals surface area contributed by atoms with E-state index in [0.717, 1.165) is 23.5 Å². The van der Waals surface area contributed by atoms with Crippen LogP contribution in [0.2, 0.25) is 36.3 Å². The molecule has 2 nitrogen and oxygen atoms in total. The summed E-state index contributed by atoms with van der Waals surface area (Å²) in [7, 11) is -3.59. The van der Waals surface area contributed by atoms with Gasteiger partial charge in [-0.25, -0.2) is 0 Å². The van der Waals surface area contributed by atoms with Gasteiger partial charge < -0.3 is 8.85 Å². The van der Waals surface area contributed by atoms with Crippen molar-refractivity contribution in [3.8, 4) is 5.75 Å². The maximum Gasteiger partial charge on any atom is 0.250 e. The Morgan fingerprint density at radius 2 is 1.51 bits per heavy atom. The van der Waals surface area contributed by atoms with Crippen molar-refractivity contribution in [2.24, 2.45) is 17.3 Å². The summed E-state index contributed by atoms with van der Waals surface area (Å²) in [6.07, 6.45) is 8.26. The first-order valence-corrected chi connectivity index (χ1v) is 21.0. The van der Waals surface area contributed by atoms with Gasteiger partial charge in [0, 0.05) is 0 Å². The number of hydrogen-bond acceptors (Lipinski definition) is 2. The monoisotopic (exact) mass is 626 g/mol. The van der Waals surface area contributed by atoms with E-state index in [1.54, 1.807) is 11.1 Å². The molecule has 0 radical (unpaired) electrons. The summed E-state index contributed by atoms with van der Waals surface area (Å²) in [4.78, 5) is 0. The molecular weight excluding hydrogens is 575 g/mol. The molecule has 35 heavy (non-hydrogen) atoms. The largest absolute Gasteiger partial charge is 0.543 e. The van der Waals surface area contributed by atoms with Gasteiger partial charge in [0.05, 0.1) is 9.67 Å². The fourth-order valence-electron chi connectivity index (χ4n) is 6.76. The summed E-state index contributed by atoms with van der Waals surface area (Å²) < 4.78 is 15.2. The van der Waals surface area contributed by atoms with Crippen LogP contribution in [0.1, 0.15) is 97.6 Å². The molecule has 0 saturated heterocycles. The Hall–Kier alpha value is 0.144. The van der Waals surface area contributed by atoms with Crippen molar-refractivity contribution < 1.29 is 8.85 Å². The molecule has 1 aromatic carbocycles. The first-order valence-electron chi connectivity index (χ1n) is 14.1. The number of fused-ring (bicyclic) bond motifs is 5. The number of hydrogen-bond donors (Lipinski definition) is 0. The zero-order valence-corrected chi connectivity index (χ0v) is 28.6. The second-order valence-electron chi connectivity index (χ2n) is 15.2. The Labute approximate surface area is 232 Å². The Balaban J connectivity index is 1.57. The van der Waals surface area contributed by atoms with Gasteiger partial charge >= 0.3 is 0 Å². The molecular formula is C30H51IO2Si2. The Morgan fingerprint density at radius 3 is 2.11 bits per heavy atom. The summed E-state index contributed by atoms with van der Waals surface area (Å²) in [6.45, 7) is 26.3. The van der Waals surface area contributed by atoms with Crippen LogP contribution in [0, 0.1) is 20.8 Å². The molecule has 2 fully saturated rings. The molecule has 1 aromatic rings. The highest BCUT2D eigenvalue weighted by molar-refractivity contribution is 14.1. The van der Waals surface area contributed by atoms with Crippen molar-refractivity contribution in [3.63, 3.8) is 0 Å². The van der Waals surface area contributed by atoms with Crippen molar-refractivity contribution in [1.82, 2.24) is 0 Å². The van der Waals surface area contributed by atoms with Gasteiger partial charge in [-0.1, -0.05) is 48.5 Å². The summed E-state index contributed by atoms with van der Waals surface area (Å²) in [6, 6.07) is 4.94. The van der Waals surface area contributed by atoms with Crippen molar-refractivity contribution in [3.05, 3.63) is 26.8 Å². The molecule has 198 valence electrons. The lowest BCUT2D eigenvalue weighted by molar-refractivity contribution is -0.0165. The highest BCUT2D eigenvalue weighted by atomic mass is 127. The van der Waals surface area contributed by atoms with Gasteiger partial charge in [-0.2, -0.15) is 0 Å². The third-order valence-electron chi connectivity index (χ3n) is 11.1. The molecule has 0 bridgehead atoms. The highest BCUT2D eigenvalue weighted by Crippen LogP contribution is 2.62. The normalized spacial score (nSPS) is 31.5. The van der Waals surface area contributed by atoms with E-state index in [0.29, 0.717) is 11.5 Å². The van der Waals surface area contributed by atoms with Crippen LogP contribution in [0.25, 0.3) is 0 Å². The molecule has 0 heterocycles. The molecule has 3 aliphatic rings. The lowest BCUT2D eigenvalue weighted by Gasteiger charge is -2.52. The molecule has 3 aliphatic carbocycles. The Kier molecular flexibility index (Phi) is 7.33. The SMILES string of the molecule is CC(C)(C)[Si](C)(C)Oc1cc2c(cc1I)C1CC[C@@]3(C)C(CC[C@@H]3O[Si](C)(C)C(C)(C)C)C1CC2. The topological polar surface area (TPSA) is 18.5 Å². The van der Waals surface area contributed by atoms with Gasteiger partial charge in [-0.15, -0.1) is 0 Å². The van der Waals surface area contributed by atoms with Gasteiger partial charge in [0.1, 0.15) is 5.75 Å². The van der Waals surface area contributed by atoms with Crippen molar-refractivity contribution >= 4 is 39.2 Å². The van der Waals surface area contributed by atoms with E-state index in [-0.39, 0.29) is 10.1 Å². The predicted octanol–water partition coefficient (Wildman–Crippen LogP) is 9.92. The van der Waals surface area contributed by atoms with Gasteiger partial charge in [-0.05, 0) is 144 Å². The van der Waals surface area contributed by atoms with E-state index in [1.165, 1.54) is 42.1 Å². The van der Waals surface area contributed by atoms with Crippen LogP contribution in [-0.2, 0) is 10.8 Å². The van der Waals surface area contributed by atoms with E-state index in [4.69, 9.17) is 8.85 Å². The van der Waals surface area contributed by atoms with E-state index < -0.39 is 16.6 Å². The fourth-order valence-corrected chi connectivity index (χ4v) is 10.0. The Morgan fingerprint density at radius 1 is 0.886 bits per heavy atom. The molecule has 0 amide bonds. The minimum atomic E-state index is -1.84. The van der Waals surface area contributed by atoms with Crippen molar-refractivity contribution in [1.29, 1.82) is 0 Å². The van der Waals surface area contributed by atoms with Crippen LogP contribution in [0.15, 0.2) is 12.1 Å².